The number of hydrogen-bond acceptors (Lipinski definition) is 1. The maximum atomic E-state index is 13.5. The van der Waals surface area contributed by atoms with E-state index in [1.165, 1.54) is 6.07 Å². The van der Waals surface area contributed by atoms with E-state index >= 15 is 0 Å². The van der Waals surface area contributed by atoms with Crippen molar-refractivity contribution in [1.82, 2.24) is 4.57 Å². The zero-order valence-corrected chi connectivity index (χ0v) is 11.6. The van der Waals surface area contributed by atoms with Crippen molar-refractivity contribution in [2.24, 2.45) is 0 Å². The van der Waals surface area contributed by atoms with Crippen LogP contribution < -0.4 is 0 Å². The Morgan fingerprint density at radius 1 is 1.19 bits per heavy atom. The molecule has 106 valence electrons. The first-order chi connectivity index (χ1) is 10.1. The minimum Gasteiger partial charge on any atom is -0.477 e. The molecule has 21 heavy (non-hydrogen) atoms. The largest absolute Gasteiger partial charge is 0.477 e. The third kappa shape index (κ3) is 2.38. The monoisotopic (exact) mass is 303 g/mol. The third-order valence-electron chi connectivity index (χ3n) is 3.39. The van der Waals surface area contributed by atoms with Gasteiger partial charge in [0.25, 0.3) is 0 Å². The van der Waals surface area contributed by atoms with Gasteiger partial charge in [-0.15, -0.1) is 0 Å². The van der Waals surface area contributed by atoms with Crippen molar-refractivity contribution in [3.8, 4) is 0 Å². The van der Waals surface area contributed by atoms with E-state index in [1.54, 1.807) is 22.8 Å². The molecule has 1 N–H and O–H groups in total. The van der Waals surface area contributed by atoms with Crippen LogP contribution in [-0.2, 0) is 6.54 Å². The lowest BCUT2D eigenvalue weighted by Crippen LogP contribution is -2.09. The predicted octanol–water partition coefficient (Wildman–Crippen LogP) is 4.18. The fourth-order valence-electron chi connectivity index (χ4n) is 2.40. The van der Waals surface area contributed by atoms with Crippen molar-refractivity contribution >= 4 is 28.5 Å². The number of carboxylic acids is 1. The Balaban J connectivity index is 2.17. The summed E-state index contributed by atoms with van der Waals surface area (Å²) in [6.45, 7) is 0.200. The van der Waals surface area contributed by atoms with Gasteiger partial charge in [-0.1, -0.05) is 41.9 Å². The highest BCUT2D eigenvalue weighted by Gasteiger charge is 2.16. The van der Waals surface area contributed by atoms with Crippen LogP contribution in [0.5, 0.6) is 0 Å². The number of halogens is 2. The lowest BCUT2D eigenvalue weighted by molar-refractivity contribution is 0.0686. The van der Waals surface area contributed by atoms with Gasteiger partial charge >= 0.3 is 5.97 Å². The van der Waals surface area contributed by atoms with Crippen LogP contribution in [0.15, 0.2) is 48.5 Å². The van der Waals surface area contributed by atoms with Crippen LogP contribution in [0.1, 0.15) is 16.1 Å². The van der Waals surface area contributed by atoms with Gasteiger partial charge in [-0.3, -0.25) is 0 Å². The number of rotatable bonds is 3. The first-order valence-corrected chi connectivity index (χ1v) is 6.70. The molecule has 0 radical (unpaired) electrons. The molecule has 3 nitrogen and oxygen atoms in total. The van der Waals surface area contributed by atoms with E-state index in [0.717, 1.165) is 10.9 Å². The van der Waals surface area contributed by atoms with Gasteiger partial charge in [-0.05, 0) is 23.8 Å². The number of aromatic nitrogens is 1. The van der Waals surface area contributed by atoms with Crippen LogP contribution in [0.2, 0.25) is 5.02 Å². The lowest BCUT2D eigenvalue weighted by Gasteiger charge is -2.10. The average Bonchev–Trinajstić information content (AvgIpc) is 2.83. The van der Waals surface area contributed by atoms with E-state index in [4.69, 9.17) is 11.6 Å². The van der Waals surface area contributed by atoms with Gasteiger partial charge in [0.1, 0.15) is 11.5 Å². The number of carbonyl (C=O) groups is 1. The molecule has 0 spiro atoms. The molecule has 5 heteroatoms. The molecule has 0 aliphatic heterocycles. The third-order valence-corrected chi connectivity index (χ3v) is 3.81. The smallest absolute Gasteiger partial charge is 0.352 e. The second-order valence-electron chi connectivity index (χ2n) is 4.69. The van der Waals surface area contributed by atoms with E-state index in [1.807, 2.05) is 24.3 Å². The summed E-state index contributed by atoms with van der Waals surface area (Å²) in [6, 6.07) is 13.5. The average molecular weight is 304 g/mol. The number of nitrogens with zero attached hydrogens (tertiary/aromatic N) is 1. The normalized spacial score (nSPS) is 11.0. The maximum absolute atomic E-state index is 13.5. The molecule has 0 unspecified atom stereocenters. The van der Waals surface area contributed by atoms with Gasteiger partial charge in [-0.25, -0.2) is 9.18 Å². The fraction of sp³-hybridized carbons (Fsp3) is 0.0625. The Bertz CT molecular complexity index is 841. The molecule has 0 aliphatic carbocycles. The Morgan fingerprint density at radius 2 is 1.95 bits per heavy atom. The zero-order valence-electron chi connectivity index (χ0n) is 10.9. The van der Waals surface area contributed by atoms with E-state index < -0.39 is 11.8 Å². The molecule has 0 saturated carbocycles. The summed E-state index contributed by atoms with van der Waals surface area (Å²) in [5, 5.41) is 10.2. The zero-order chi connectivity index (χ0) is 15.0. The molecule has 1 aromatic heterocycles. The first kappa shape index (κ1) is 13.6. The van der Waals surface area contributed by atoms with Gasteiger partial charge in [0.05, 0.1) is 5.02 Å². The van der Waals surface area contributed by atoms with E-state index in [9.17, 15) is 14.3 Å². The molecule has 3 rings (SSSR count). The quantitative estimate of drug-likeness (QED) is 0.788. The summed E-state index contributed by atoms with van der Waals surface area (Å²) < 4.78 is 15.1. The van der Waals surface area contributed by atoms with Crippen LogP contribution in [-0.4, -0.2) is 15.6 Å². The van der Waals surface area contributed by atoms with E-state index in [2.05, 4.69) is 0 Å². The van der Waals surface area contributed by atoms with E-state index in [0.29, 0.717) is 5.56 Å². The van der Waals surface area contributed by atoms with Crippen molar-refractivity contribution in [3.05, 3.63) is 70.6 Å². The Labute approximate surface area is 125 Å². The standard InChI is InChI=1S/C16H11ClFNO2/c17-15-11(5-3-6-12(15)18)9-19-13-7-2-1-4-10(13)8-14(19)16(20)21/h1-8H,9H2,(H,20,21). The van der Waals surface area contributed by atoms with Crippen LogP contribution in [0.3, 0.4) is 0 Å². The molecule has 1 heterocycles. The Kier molecular flexibility index (Phi) is 3.39. The van der Waals surface area contributed by atoms with Gasteiger partial charge in [0.15, 0.2) is 0 Å². The summed E-state index contributed by atoms with van der Waals surface area (Å²) in [6.07, 6.45) is 0. The first-order valence-electron chi connectivity index (χ1n) is 6.32. The maximum Gasteiger partial charge on any atom is 0.352 e. The molecule has 0 saturated heterocycles. The summed E-state index contributed by atoms with van der Waals surface area (Å²) in [5.74, 6) is -1.54. The summed E-state index contributed by atoms with van der Waals surface area (Å²) in [4.78, 5) is 11.4. The summed E-state index contributed by atoms with van der Waals surface area (Å²) in [7, 11) is 0. The van der Waals surface area contributed by atoms with E-state index in [-0.39, 0.29) is 17.3 Å². The molecular weight excluding hydrogens is 293 g/mol. The highest BCUT2D eigenvalue weighted by Crippen LogP contribution is 2.25. The number of hydrogen-bond donors (Lipinski definition) is 1. The van der Waals surface area contributed by atoms with Gasteiger partial charge in [0, 0.05) is 17.4 Å². The number of para-hydroxylation sites is 1. The number of benzene rings is 2. The molecule has 0 amide bonds. The van der Waals surface area contributed by atoms with Crippen LogP contribution >= 0.6 is 11.6 Å². The SMILES string of the molecule is O=C(O)c1cc2ccccc2n1Cc1cccc(F)c1Cl. The Morgan fingerprint density at radius 3 is 2.71 bits per heavy atom. The van der Waals surface area contributed by atoms with Crippen molar-refractivity contribution in [2.45, 2.75) is 6.54 Å². The highest BCUT2D eigenvalue weighted by molar-refractivity contribution is 6.31. The molecule has 0 atom stereocenters. The molecule has 2 aromatic carbocycles. The summed E-state index contributed by atoms with van der Waals surface area (Å²) >= 11 is 5.96. The molecule has 0 bridgehead atoms. The van der Waals surface area contributed by atoms with Crippen molar-refractivity contribution in [3.63, 3.8) is 0 Å². The van der Waals surface area contributed by atoms with Crippen molar-refractivity contribution in [1.29, 1.82) is 0 Å². The molecule has 0 fully saturated rings. The van der Waals surface area contributed by atoms with Crippen LogP contribution in [0, 0.1) is 5.82 Å². The van der Waals surface area contributed by atoms with Gasteiger partial charge in [-0.2, -0.15) is 0 Å². The van der Waals surface area contributed by atoms with Gasteiger partial charge < -0.3 is 9.67 Å². The minimum absolute atomic E-state index is 0.0200. The van der Waals surface area contributed by atoms with Gasteiger partial charge in [0.2, 0.25) is 0 Å². The van der Waals surface area contributed by atoms with Crippen molar-refractivity contribution < 1.29 is 14.3 Å². The Hall–Kier alpha value is -2.33. The number of aromatic carboxylic acids is 1. The number of fused-ring (bicyclic) bond motifs is 1. The fourth-order valence-corrected chi connectivity index (χ4v) is 2.58. The molecule has 0 aliphatic rings. The topological polar surface area (TPSA) is 42.2 Å². The van der Waals surface area contributed by atoms with Crippen LogP contribution in [0.4, 0.5) is 4.39 Å². The van der Waals surface area contributed by atoms with Crippen molar-refractivity contribution in [2.75, 3.05) is 0 Å². The second kappa shape index (κ2) is 5.22. The molecule has 3 aromatic rings. The number of carboxylic acid groups (broad SMARTS) is 1. The van der Waals surface area contributed by atoms with Crippen LogP contribution in [0.25, 0.3) is 10.9 Å². The summed E-state index contributed by atoms with van der Waals surface area (Å²) in [5.41, 5.74) is 1.47. The predicted molar refractivity (Wildman–Crippen MR) is 79.4 cm³/mol. The lowest BCUT2D eigenvalue weighted by atomic mass is 10.2. The second-order valence-corrected chi connectivity index (χ2v) is 5.07. The highest BCUT2D eigenvalue weighted by atomic mass is 35.5. The molecular formula is C16H11ClFNO2. The minimum atomic E-state index is -1.03.